The highest BCUT2D eigenvalue weighted by atomic mass is 16.6. The van der Waals surface area contributed by atoms with Crippen LogP contribution in [0.25, 0.3) is 0 Å². The third-order valence-electron chi connectivity index (χ3n) is 2.83. The largest absolute Gasteiger partial charge is 0.443 e. The van der Waals surface area contributed by atoms with E-state index in [4.69, 9.17) is 4.74 Å². The molecule has 3 heteroatoms. The van der Waals surface area contributed by atoms with Gasteiger partial charge in [0.2, 0.25) is 0 Å². The molecule has 3 nitrogen and oxygen atoms in total. The quantitative estimate of drug-likeness (QED) is 0.551. The molecule has 0 saturated carbocycles. The van der Waals surface area contributed by atoms with Gasteiger partial charge in [0.15, 0.2) is 5.72 Å². The summed E-state index contributed by atoms with van der Waals surface area (Å²) in [6.45, 7) is 4.19. The normalized spacial score (nSPS) is 37.2. The molecule has 0 aliphatic carbocycles. The number of carbonyl (C=O) groups excluding carboxylic acids is 1. The topological polar surface area (TPSA) is 29.5 Å². The zero-order chi connectivity index (χ0) is 8.60. The first-order valence-corrected chi connectivity index (χ1v) is 4.68. The van der Waals surface area contributed by atoms with E-state index in [1.807, 2.05) is 6.92 Å². The molecule has 2 aliphatic heterocycles. The van der Waals surface area contributed by atoms with Crippen LogP contribution in [0.3, 0.4) is 0 Å². The van der Waals surface area contributed by atoms with Gasteiger partial charge in [-0.2, -0.15) is 0 Å². The van der Waals surface area contributed by atoms with Crippen LogP contribution >= 0.6 is 0 Å². The molecular weight excluding hydrogens is 154 g/mol. The average molecular weight is 169 g/mol. The molecule has 0 aromatic carbocycles. The van der Waals surface area contributed by atoms with Crippen molar-refractivity contribution < 1.29 is 9.53 Å². The molecule has 0 spiro atoms. The Balaban J connectivity index is 1.94. The van der Waals surface area contributed by atoms with Gasteiger partial charge in [0.25, 0.3) is 0 Å². The Hall–Kier alpha value is -0.570. The van der Waals surface area contributed by atoms with Crippen LogP contribution in [0.1, 0.15) is 32.6 Å². The molecule has 2 heterocycles. The second kappa shape index (κ2) is 2.73. The minimum absolute atomic E-state index is 0.0527. The Morgan fingerprint density at radius 2 is 1.92 bits per heavy atom. The van der Waals surface area contributed by atoms with Gasteiger partial charge in [-0.25, -0.2) is 0 Å². The zero-order valence-electron chi connectivity index (χ0n) is 7.51. The highest BCUT2D eigenvalue weighted by Crippen LogP contribution is 2.33. The van der Waals surface area contributed by atoms with E-state index >= 15 is 0 Å². The maximum atomic E-state index is 10.7. The van der Waals surface area contributed by atoms with Gasteiger partial charge in [0.1, 0.15) is 0 Å². The zero-order valence-corrected chi connectivity index (χ0v) is 7.51. The highest BCUT2D eigenvalue weighted by Gasteiger charge is 2.46. The first kappa shape index (κ1) is 8.05. The number of piperidine rings is 1. The number of likely N-dealkylation sites (tertiary alicyclic amines) is 1. The van der Waals surface area contributed by atoms with Gasteiger partial charge in [-0.05, 0) is 19.8 Å². The molecule has 12 heavy (non-hydrogen) atoms. The van der Waals surface area contributed by atoms with Crippen LogP contribution < -0.4 is 0 Å². The third-order valence-corrected chi connectivity index (χ3v) is 2.83. The number of esters is 1. The Kier molecular flexibility index (Phi) is 1.83. The Labute approximate surface area is 72.7 Å². The molecule has 68 valence electrons. The SMILES string of the molecule is CC1(N2CCCCC2)CC(=O)O1. The average Bonchev–Trinajstić information content (AvgIpc) is 2.04. The summed E-state index contributed by atoms with van der Waals surface area (Å²) in [5, 5.41) is 0. The molecule has 2 fully saturated rings. The Morgan fingerprint density at radius 1 is 1.33 bits per heavy atom. The van der Waals surface area contributed by atoms with Crippen molar-refractivity contribution >= 4 is 5.97 Å². The number of carbonyl (C=O) groups is 1. The van der Waals surface area contributed by atoms with Crippen molar-refractivity contribution in [2.24, 2.45) is 0 Å². The van der Waals surface area contributed by atoms with Crippen LogP contribution in [-0.2, 0) is 9.53 Å². The predicted molar refractivity (Wildman–Crippen MR) is 44.5 cm³/mol. The van der Waals surface area contributed by atoms with Gasteiger partial charge in [0, 0.05) is 13.1 Å². The van der Waals surface area contributed by atoms with Crippen molar-refractivity contribution in [3.8, 4) is 0 Å². The van der Waals surface area contributed by atoms with Gasteiger partial charge in [-0.15, -0.1) is 0 Å². The number of cyclic esters (lactones) is 1. The standard InChI is InChI=1S/C9H15NO2/c1-9(7-8(11)12-9)10-5-3-2-4-6-10/h2-7H2,1H3. The summed E-state index contributed by atoms with van der Waals surface area (Å²) in [7, 11) is 0. The Morgan fingerprint density at radius 3 is 2.42 bits per heavy atom. The summed E-state index contributed by atoms with van der Waals surface area (Å²) in [5.41, 5.74) is -0.252. The number of nitrogens with zero attached hydrogens (tertiary/aromatic N) is 1. The van der Waals surface area contributed by atoms with Crippen LogP contribution in [0, 0.1) is 0 Å². The molecule has 2 aliphatic rings. The van der Waals surface area contributed by atoms with Gasteiger partial charge < -0.3 is 4.74 Å². The highest BCUT2D eigenvalue weighted by molar-refractivity contribution is 5.76. The number of hydrogen-bond donors (Lipinski definition) is 0. The van der Waals surface area contributed by atoms with E-state index in [0.29, 0.717) is 6.42 Å². The fourth-order valence-electron chi connectivity index (χ4n) is 2.05. The monoisotopic (exact) mass is 169 g/mol. The molecule has 0 aromatic heterocycles. The van der Waals surface area contributed by atoms with Crippen molar-refractivity contribution in [3.05, 3.63) is 0 Å². The molecule has 0 N–H and O–H groups in total. The molecule has 1 atom stereocenters. The maximum absolute atomic E-state index is 10.7. The summed E-state index contributed by atoms with van der Waals surface area (Å²) in [6, 6.07) is 0. The lowest BCUT2D eigenvalue weighted by Crippen LogP contribution is -2.59. The van der Waals surface area contributed by atoms with Gasteiger partial charge in [0.05, 0.1) is 6.42 Å². The fourth-order valence-corrected chi connectivity index (χ4v) is 2.05. The van der Waals surface area contributed by atoms with Crippen LogP contribution in [-0.4, -0.2) is 29.7 Å². The van der Waals surface area contributed by atoms with Gasteiger partial charge >= 0.3 is 5.97 Å². The molecule has 0 radical (unpaired) electrons. The molecule has 0 amide bonds. The lowest BCUT2D eigenvalue weighted by Gasteiger charge is -2.47. The summed E-state index contributed by atoms with van der Waals surface area (Å²) < 4.78 is 5.15. The van der Waals surface area contributed by atoms with Crippen molar-refractivity contribution in [1.29, 1.82) is 0 Å². The molecular formula is C9H15NO2. The van der Waals surface area contributed by atoms with E-state index < -0.39 is 0 Å². The minimum Gasteiger partial charge on any atom is -0.443 e. The number of rotatable bonds is 1. The van der Waals surface area contributed by atoms with E-state index in [0.717, 1.165) is 13.1 Å². The first-order valence-electron chi connectivity index (χ1n) is 4.68. The van der Waals surface area contributed by atoms with Crippen LogP contribution in [0.4, 0.5) is 0 Å². The van der Waals surface area contributed by atoms with Crippen molar-refractivity contribution in [3.63, 3.8) is 0 Å². The van der Waals surface area contributed by atoms with Gasteiger partial charge in [-0.1, -0.05) is 6.42 Å². The Bertz CT molecular complexity index is 189. The van der Waals surface area contributed by atoms with E-state index in [1.54, 1.807) is 0 Å². The molecule has 0 aromatic rings. The lowest BCUT2D eigenvalue weighted by molar-refractivity contribution is -0.225. The minimum atomic E-state index is -0.252. The van der Waals surface area contributed by atoms with Crippen LogP contribution in [0.5, 0.6) is 0 Å². The first-order chi connectivity index (χ1) is 5.71. The van der Waals surface area contributed by atoms with Gasteiger partial charge in [-0.3, -0.25) is 9.69 Å². The van der Waals surface area contributed by atoms with Crippen molar-refractivity contribution in [2.45, 2.75) is 38.3 Å². The molecule has 0 bridgehead atoms. The van der Waals surface area contributed by atoms with E-state index in [-0.39, 0.29) is 11.7 Å². The molecule has 2 rings (SSSR count). The lowest BCUT2D eigenvalue weighted by atomic mass is 10.0. The van der Waals surface area contributed by atoms with E-state index in [9.17, 15) is 4.79 Å². The summed E-state index contributed by atoms with van der Waals surface area (Å²) in [4.78, 5) is 13.0. The third kappa shape index (κ3) is 1.22. The smallest absolute Gasteiger partial charge is 0.313 e. The van der Waals surface area contributed by atoms with Crippen LogP contribution in [0.2, 0.25) is 0 Å². The summed E-state index contributed by atoms with van der Waals surface area (Å²) in [5.74, 6) is -0.0527. The van der Waals surface area contributed by atoms with Crippen LogP contribution in [0.15, 0.2) is 0 Å². The summed E-state index contributed by atoms with van der Waals surface area (Å²) in [6.07, 6.45) is 4.38. The van der Waals surface area contributed by atoms with E-state index in [1.165, 1.54) is 19.3 Å². The number of hydrogen-bond acceptors (Lipinski definition) is 3. The predicted octanol–water partition coefficient (Wildman–Crippen LogP) is 1.14. The van der Waals surface area contributed by atoms with Crippen molar-refractivity contribution in [2.75, 3.05) is 13.1 Å². The fraction of sp³-hybridized carbons (Fsp3) is 0.889. The molecule has 1 unspecified atom stereocenters. The number of ether oxygens (including phenoxy) is 1. The van der Waals surface area contributed by atoms with Crippen molar-refractivity contribution in [1.82, 2.24) is 4.90 Å². The summed E-state index contributed by atoms with van der Waals surface area (Å²) >= 11 is 0. The maximum Gasteiger partial charge on any atom is 0.313 e. The second-order valence-electron chi connectivity index (χ2n) is 3.87. The second-order valence-corrected chi connectivity index (χ2v) is 3.87. The molecule has 2 saturated heterocycles. The van der Waals surface area contributed by atoms with E-state index in [2.05, 4.69) is 4.90 Å².